The Morgan fingerprint density at radius 3 is 2.24 bits per heavy atom. The molecule has 0 spiro atoms. The molecule has 17 heavy (non-hydrogen) atoms. The summed E-state index contributed by atoms with van der Waals surface area (Å²) in [5.74, 6) is 0.118. The van der Waals surface area contributed by atoms with E-state index in [0.717, 1.165) is 0 Å². The first kappa shape index (κ1) is 12.0. The highest BCUT2D eigenvalue weighted by Crippen LogP contribution is 2.17. The van der Waals surface area contributed by atoms with Gasteiger partial charge in [-0.25, -0.2) is 18.2 Å². The van der Waals surface area contributed by atoms with Crippen molar-refractivity contribution in [3.05, 3.63) is 29.0 Å². The van der Waals surface area contributed by atoms with Crippen molar-refractivity contribution in [2.24, 2.45) is 5.14 Å². The number of nitrogen functional groups attached to an aromatic ring is 1. The fourth-order valence-corrected chi connectivity index (χ4v) is 2.23. The van der Waals surface area contributed by atoms with Crippen molar-refractivity contribution in [3.63, 3.8) is 0 Å². The van der Waals surface area contributed by atoms with E-state index >= 15 is 0 Å². The second kappa shape index (κ2) is 4.09. The number of sulfonamides is 1. The van der Waals surface area contributed by atoms with E-state index in [-0.39, 0.29) is 10.8 Å². The van der Waals surface area contributed by atoms with Crippen LogP contribution in [0.2, 0.25) is 0 Å². The molecule has 0 fully saturated rings. The first-order valence-corrected chi connectivity index (χ1v) is 6.73. The highest BCUT2D eigenvalue weighted by atomic mass is 79.9. The van der Waals surface area contributed by atoms with Crippen LogP contribution in [0.1, 0.15) is 0 Å². The highest BCUT2D eigenvalue weighted by molar-refractivity contribution is 9.10. The number of hydrogen-bond donors (Lipinski definition) is 2. The molecule has 1 aromatic heterocycles. The molecule has 1 heterocycles. The molecule has 0 saturated heterocycles. The van der Waals surface area contributed by atoms with Crippen LogP contribution in [0.4, 0.5) is 5.95 Å². The molecule has 0 radical (unpaired) electrons. The number of nitrogens with two attached hydrogens (primary N) is 2. The Labute approximate surface area is 106 Å². The molecule has 9 heteroatoms. The van der Waals surface area contributed by atoms with Gasteiger partial charge in [-0.3, -0.25) is 0 Å². The van der Waals surface area contributed by atoms with Crippen LogP contribution in [-0.4, -0.2) is 23.2 Å². The van der Waals surface area contributed by atoms with E-state index in [0.29, 0.717) is 10.4 Å². The molecular formula is C8H8BrN5O2S. The molecule has 4 N–H and O–H groups in total. The molecule has 0 aliphatic carbocycles. The second-order valence-corrected chi connectivity index (χ2v) is 5.46. The van der Waals surface area contributed by atoms with Gasteiger partial charge in [0.05, 0.1) is 10.6 Å². The van der Waals surface area contributed by atoms with Gasteiger partial charge in [-0.05, 0) is 40.2 Å². The SMILES string of the molecule is Nc1nc(Br)n(-c2ccc(S(N)(=O)=O)cc2)n1. The summed E-state index contributed by atoms with van der Waals surface area (Å²) in [5.41, 5.74) is 6.05. The lowest BCUT2D eigenvalue weighted by Crippen LogP contribution is -2.12. The zero-order valence-corrected chi connectivity index (χ0v) is 10.8. The molecule has 2 aromatic rings. The van der Waals surface area contributed by atoms with Crippen molar-refractivity contribution in [1.29, 1.82) is 0 Å². The minimum Gasteiger partial charge on any atom is -0.366 e. The van der Waals surface area contributed by atoms with Crippen molar-refractivity contribution in [3.8, 4) is 5.69 Å². The molecule has 0 atom stereocenters. The maximum Gasteiger partial charge on any atom is 0.240 e. The van der Waals surface area contributed by atoms with Crippen molar-refractivity contribution >= 4 is 31.9 Å². The molecule has 90 valence electrons. The van der Waals surface area contributed by atoms with Gasteiger partial charge < -0.3 is 5.73 Å². The smallest absolute Gasteiger partial charge is 0.240 e. The van der Waals surface area contributed by atoms with E-state index in [9.17, 15) is 8.42 Å². The van der Waals surface area contributed by atoms with Gasteiger partial charge in [0.2, 0.25) is 20.7 Å². The van der Waals surface area contributed by atoms with Gasteiger partial charge in [0.25, 0.3) is 0 Å². The number of halogens is 1. The maximum atomic E-state index is 11.1. The summed E-state index contributed by atoms with van der Waals surface area (Å²) in [7, 11) is -3.69. The van der Waals surface area contributed by atoms with E-state index in [1.807, 2.05) is 0 Å². The Kier molecular flexibility index (Phi) is 2.89. The van der Waals surface area contributed by atoms with Crippen LogP contribution < -0.4 is 10.9 Å². The summed E-state index contributed by atoms with van der Waals surface area (Å²) >= 11 is 3.18. The van der Waals surface area contributed by atoms with E-state index in [1.54, 1.807) is 12.1 Å². The van der Waals surface area contributed by atoms with Crippen LogP contribution >= 0.6 is 15.9 Å². The molecule has 1 aromatic carbocycles. The fourth-order valence-electron chi connectivity index (χ4n) is 1.25. The number of anilines is 1. The zero-order chi connectivity index (χ0) is 12.6. The van der Waals surface area contributed by atoms with Crippen LogP contribution in [-0.2, 0) is 10.0 Å². The summed E-state index contributed by atoms with van der Waals surface area (Å²) in [5, 5.41) is 8.92. The Bertz CT molecular complexity index is 649. The minimum absolute atomic E-state index is 0.0328. The van der Waals surface area contributed by atoms with Crippen molar-refractivity contribution in [1.82, 2.24) is 14.8 Å². The average molecular weight is 318 g/mol. The first-order chi connectivity index (χ1) is 7.88. The van der Waals surface area contributed by atoms with Crippen molar-refractivity contribution in [2.45, 2.75) is 4.90 Å². The third-order valence-corrected chi connectivity index (χ3v) is 3.44. The summed E-state index contributed by atoms with van der Waals surface area (Å²) in [6, 6.07) is 5.88. The number of rotatable bonds is 2. The van der Waals surface area contributed by atoms with E-state index in [1.165, 1.54) is 16.8 Å². The third kappa shape index (κ3) is 2.46. The largest absolute Gasteiger partial charge is 0.366 e. The third-order valence-electron chi connectivity index (χ3n) is 1.99. The normalized spacial score (nSPS) is 11.6. The standard InChI is InChI=1S/C8H8BrN5O2S/c9-7-12-8(10)13-14(7)5-1-3-6(4-2-5)17(11,15)16/h1-4H,(H2,10,13)(H2,11,15,16). The molecule has 2 rings (SSSR count). The Morgan fingerprint density at radius 1 is 1.24 bits per heavy atom. The molecule has 7 nitrogen and oxygen atoms in total. The number of nitrogens with zero attached hydrogens (tertiary/aromatic N) is 3. The molecule has 0 aliphatic rings. The number of hydrogen-bond acceptors (Lipinski definition) is 5. The van der Waals surface area contributed by atoms with Crippen molar-refractivity contribution < 1.29 is 8.42 Å². The number of aromatic nitrogens is 3. The lowest BCUT2D eigenvalue weighted by atomic mass is 10.3. The quantitative estimate of drug-likeness (QED) is 0.823. The topological polar surface area (TPSA) is 117 Å². The Morgan fingerprint density at radius 2 is 1.82 bits per heavy atom. The predicted octanol–water partition coefficient (Wildman–Crippen LogP) is 0.259. The fraction of sp³-hybridized carbons (Fsp3) is 0. The van der Waals surface area contributed by atoms with Crippen LogP contribution in [0.15, 0.2) is 33.9 Å². The van der Waals surface area contributed by atoms with Crippen LogP contribution in [0, 0.1) is 0 Å². The predicted molar refractivity (Wildman–Crippen MR) is 64.8 cm³/mol. The lowest BCUT2D eigenvalue weighted by molar-refractivity contribution is 0.598. The van der Waals surface area contributed by atoms with Gasteiger partial charge in [-0.15, -0.1) is 5.10 Å². The number of benzene rings is 1. The highest BCUT2D eigenvalue weighted by Gasteiger charge is 2.10. The van der Waals surface area contributed by atoms with Crippen molar-refractivity contribution in [2.75, 3.05) is 5.73 Å². The Hall–Kier alpha value is -1.45. The number of primary sulfonamides is 1. The molecule has 0 amide bonds. The molecule has 0 bridgehead atoms. The zero-order valence-electron chi connectivity index (χ0n) is 8.41. The summed E-state index contributed by atoms with van der Waals surface area (Å²) in [6.07, 6.45) is 0. The van der Waals surface area contributed by atoms with Crippen LogP contribution in [0.3, 0.4) is 0 Å². The molecule has 0 aliphatic heterocycles. The monoisotopic (exact) mass is 317 g/mol. The maximum absolute atomic E-state index is 11.1. The van der Waals surface area contributed by atoms with Crippen LogP contribution in [0.5, 0.6) is 0 Å². The molecule has 0 unspecified atom stereocenters. The van der Waals surface area contributed by atoms with Gasteiger partial charge in [0, 0.05) is 0 Å². The minimum atomic E-state index is -3.69. The van der Waals surface area contributed by atoms with Gasteiger partial charge in [-0.1, -0.05) is 0 Å². The van der Waals surface area contributed by atoms with Gasteiger partial charge in [-0.2, -0.15) is 4.98 Å². The van der Waals surface area contributed by atoms with E-state index in [4.69, 9.17) is 10.9 Å². The van der Waals surface area contributed by atoms with Gasteiger partial charge in [0.1, 0.15) is 0 Å². The lowest BCUT2D eigenvalue weighted by Gasteiger charge is -2.03. The summed E-state index contributed by atoms with van der Waals surface area (Å²) in [6.45, 7) is 0. The Balaban J connectivity index is 2.46. The van der Waals surface area contributed by atoms with E-state index in [2.05, 4.69) is 26.0 Å². The summed E-state index contributed by atoms with van der Waals surface area (Å²) in [4.78, 5) is 3.89. The average Bonchev–Trinajstić information content (AvgIpc) is 2.57. The van der Waals surface area contributed by atoms with Gasteiger partial charge >= 0.3 is 0 Å². The van der Waals surface area contributed by atoms with Gasteiger partial charge in [0.15, 0.2) is 0 Å². The molecular weight excluding hydrogens is 310 g/mol. The second-order valence-electron chi connectivity index (χ2n) is 3.19. The summed E-state index contributed by atoms with van der Waals surface area (Å²) < 4.78 is 24.0. The molecule has 0 saturated carbocycles. The van der Waals surface area contributed by atoms with E-state index < -0.39 is 10.0 Å². The van der Waals surface area contributed by atoms with Crippen LogP contribution in [0.25, 0.3) is 5.69 Å². The first-order valence-electron chi connectivity index (χ1n) is 4.39.